The smallest absolute Gasteiger partial charge is 0.231 e. The normalized spacial score (nSPS) is 27.5. The van der Waals surface area contributed by atoms with Crippen molar-refractivity contribution in [2.75, 3.05) is 26.7 Å². The maximum absolute atomic E-state index is 6.53. The third kappa shape index (κ3) is 2.44. The molecule has 0 radical (unpaired) electrons. The van der Waals surface area contributed by atoms with Crippen molar-refractivity contribution in [1.29, 1.82) is 0 Å². The molecule has 2 aromatic carbocycles. The third-order valence-corrected chi connectivity index (χ3v) is 6.32. The average molecular weight is 381 g/mol. The molecule has 1 saturated heterocycles. The molecule has 4 heterocycles. The molecule has 0 saturated carbocycles. The van der Waals surface area contributed by atoms with E-state index in [2.05, 4.69) is 30.0 Å². The van der Waals surface area contributed by atoms with E-state index in [9.17, 15) is 0 Å². The number of ether oxygens (including phenoxy) is 5. The van der Waals surface area contributed by atoms with Gasteiger partial charge in [0, 0.05) is 36.6 Å². The molecule has 0 unspecified atom stereocenters. The fourth-order valence-corrected chi connectivity index (χ4v) is 4.96. The molecule has 4 aliphatic rings. The second-order valence-corrected chi connectivity index (χ2v) is 7.94. The summed E-state index contributed by atoms with van der Waals surface area (Å²) in [4.78, 5) is 2.47. The van der Waals surface area contributed by atoms with Crippen LogP contribution in [0, 0.1) is 5.92 Å². The monoisotopic (exact) mass is 381 g/mol. The number of likely N-dealkylation sites (tertiary alicyclic amines) is 1. The first-order chi connectivity index (χ1) is 13.8. The van der Waals surface area contributed by atoms with Crippen molar-refractivity contribution < 1.29 is 23.7 Å². The fourth-order valence-electron chi connectivity index (χ4n) is 4.96. The van der Waals surface area contributed by atoms with Crippen LogP contribution in [0.2, 0.25) is 0 Å². The molecule has 0 amide bonds. The summed E-state index contributed by atoms with van der Waals surface area (Å²) in [5.41, 5.74) is 2.36. The van der Waals surface area contributed by atoms with Gasteiger partial charge < -0.3 is 23.7 Å². The van der Waals surface area contributed by atoms with Crippen molar-refractivity contribution >= 4 is 0 Å². The Hall–Kier alpha value is -2.60. The van der Waals surface area contributed by atoms with Crippen LogP contribution in [0.3, 0.4) is 0 Å². The molecular formula is C22H23NO5. The predicted octanol–water partition coefficient (Wildman–Crippen LogP) is 3.73. The molecule has 0 spiro atoms. The maximum Gasteiger partial charge on any atom is 0.231 e. The van der Waals surface area contributed by atoms with E-state index >= 15 is 0 Å². The molecule has 0 aliphatic carbocycles. The Balaban J connectivity index is 1.47. The van der Waals surface area contributed by atoms with Gasteiger partial charge in [-0.2, -0.15) is 0 Å². The van der Waals surface area contributed by atoms with E-state index in [1.54, 1.807) is 0 Å². The second kappa shape index (κ2) is 6.21. The van der Waals surface area contributed by atoms with Crippen molar-refractivity contribution in [3.05, 3.63) is 41.5 Å². The van der Waals surface area contributed by atoms with Crippen molar-refractivity contribution in [1.82, 2.24) is 4.90 Å². The van der Waals surface area contributed by atoms with Crippen LogP contribution in [-0.4, -0.2) is 37.8 Å². The summed E-state index contributed by atoms with van der Waals surface area (Å²) in [7, 11) is 0. The molecule has 3 atom stereocenters. The molecular weight excluding hydrogens is 358 g/mol. The fraction of sp³-hybridized carbons (Fsp3) is 0.455. The van der Waals surface area contributed by atoms with Crippen LogP contribution in [0.15, 0.2) is 30.3 Å². The number of nitrogens with zero attached hydrogens (tertiary/aromatic N) is 1. The summed E-state index contributed by atoms with van der Waals surface area (Å²) in [5.74, 6) is 4.53. The summed E-state index contributed by atoms with van der Waals surface area (Å²) in [5, 5.41) is 0. The Morgan fingerprint density at radius 1 is 0.786 bits per heavy atom. The van der Waals surface area contributed by atoms with Gasteiger partial charge in [0.05, 0.1) is 0 Å². The van der Waals surface area contributed by atoms with Crippen LogP contribution in [-0.2, 0) is 0 Å². The van der Waals surface area contributed by atoms with Crippen molar-refractivity contribution in [3.8, 4) is 28.7 Å². The first-order valence-corrected chi connectivity index (χ1v) is 10.0. The van der Waals surface area contributed by atoms with Gasteiger partial charge in [-0.05, 0) is 36.6 Å². The van der Waals surface area contributed by atoms with Crippen LogP contribution in [0.5, 0.6) is 28.7 Å². The summed E-state index contributed by atoms with van der Waals surface area (Å²) in [6.07, 6.45) is 2.51. The van der Waals surface area contributed by atoms with E-state index in [0.717, 1.165) is 47.4 Å². The van der Waals surface area contributed by atoms with Gasteiger partial charge >= 0.3 is 0 Å². The zero-order valence-corrected chi connectivity index (χ0v) is 15.8. The Labute approximate surface area is 163 Å². The minimum atomic E-state index is 0.0470. The van der Waals surface area contributed by atoms with Crippen molar-refractivity contribution in [2.24, 2.45) is 5.92 Å². The van der Waals surface area contributed by atoms with Gasteiger partial charge in [-0.3, -0.25) is 4.90 Å². The molecule has 0 aromatic heterocycles. The van der Waals surface area contributed by atoms with E-state index in [1.165, 1.54) is 18.4 Å². The number of hydrogen-bond acceptors (Lipinski definition) is 6. The number of benzene rings is 2. The highest BCUT2D eigenvalue weighted by atomic mass is 16.7. The molecule has 6 rings (SSSR count). The topological polar surface area (TPSA) is 49.4 Å². The summed E-state index contributed by atoms with van der Waals surface area (Å²) in [6.45, 7) is 5.00. The van der Waals surface area contributed by atoms with E-state index in [0.29, 0.717) is 0 Å². The average Bonchev–Trinajstić information content (AvgIpc) is 3.46. The largest absolute Gasteiger partial charge is 0.474 e. The highest BCUT2D eigenvalue weighted by Crippen LogP contribution is 2.51. The second-order valence-electron chi connectivity index (χ2n) is 7.94. The van der Waals surface area contributed by atoms with E-state index in [-0.39, 0.29) is 31.6 Å². The van der Waals surface area contributed by atoms with Gasteiger partial charge in [0.1, 0.15) is 5.75 Å². The lowest BCUT2D eigenvalue weighted by atomic mass is 9.78. The summed E-state index contributed by atoms with van der Waals surface area (Å²) in [6, 6.07) is 10.4. The Morgan fingerprint density at radius 3 is 2.25 bits per heavy atom. The Kier molecular flexibility index (Phi) is 3.63. The minimum absolute atomic E-state index is 0.0470. The van der Waals surface area contributed by atoms with Crippen molar-refractivity contribution in [2.45, 2.75) is 31.9 Å². The van der Waals surface area contributed by atoms with Gasteiger partial charge in [0.25, 0.3) is 0 Å². The Morgan fingerprint density at radius 2 is 1.46 bits per heavy atom. The molecule has 4 aliphatic heterocycles. The molecule has 0 N–H and O–H groups in total. The summed E-state index contributed by atoms with van der Waals surface area (Å²) >= 11 is 0. The first-order valence-electron chi connectivity index (χ1n) is 10.0. The summed E-state index contributed by atoms with van der Waals surface area (Å²) < 4.78 is 28.9. The molecule has 2 aromatic rings. The van der Waals surface area contributed by atoms with Crippen molar-refractivity contribution in [3.63, 3.8) is 0 Å². The van der Waals surface area contributed by atoms with Crippen LogP contribution in [0.4, 0.5) is 0 Å². The van der Waals surface area contributed by atoms with Crippen LogP contribution in [0.1, 0.15) is 36.8 Å². The number of fused-ring (bicyclic) bond motifs is 3. The number of rotatable bonds is 2. The molecule has 0 bridgehead atoms. The zero-order chi connectivity index (χ0) is 18.7. The predicted molar refractivity (Wildman–Crippen MR) is 101 cm³/mol. The SMILES string of the molecule is C[C@H]1[C@H](c2ccc3c(c2)OCO3)c2cc3c(cc2O[C@@H]1N1CCCC1)OCO3. The highest BCUT2D eigenvalue weighted by Gasteiger charge is 2.41. The third-order valence-electron chi connectivity index (χ3n) is 6.32. The standard InChI is InChI=1S/C22H23NO5/c1-13-21(14-4-5-16-18(8-14)25-11-24-16)15-9-19-20(27-12-26-19)10-17(15)28-22(13)23-6-2-3-7-23/h4-5,8-10,13,21-22H,2-3,6-7,11-12H2,1H3/t13-,21+,22-/m0/s1. The van der Waals surface area contributed by atoms with Crippen LogP contribution in [0.25, 0.3) is 0 Å². The lowest BCUT2D eigenvalue weighted by Gasteiger charge is -2.42. The van der Waals surface area contributed by atoms with E-state index in [4.69, 9.17) is 23.7 Å². The Bertz CT molecular complexity index is 923. The molecule has 28 heavy (non-hydrogen) atoms. The number of hydrogen-bond donors (Lipinski definition) is 0. The molecule has 1 fully saturated rings. The van der Waals surface area contributed by atoms with Gasteiger partial charge in [-0.15, -0.1) is 0 Å². The van der Waals surface area contributed by atoms with Crippen LogP contribution >= 0.6 is 0 Å². The van der Waals surface area contributed by atoms with Gasteiger partial charge in [-0.25, -0.2) is 0 Å². The van der Waals surface area contributed by atoms with E-state index in [1.807, 2.05) is 12.1 Å². The van der Waals surface area contributed by atoms with Gasteiger partial charge in [-0.1, -0.05) is 13.0 Å². The molecule has 146 valence electrons. The van der Waals surface area contributed by atoms with Gasteiger partial charge in [0.2, 0.25) is 13.6 Å². The lowest BCUT2D eigenvalue weighted by Crippen LogP contribution is -2.46. The lowest BCUT2D eigenvalue weighted by molar-refractivity contribution is -0.0178. The van der Waals surface area contributed by atoms with E-state index < -0.39 is 0 Å². The van der Waals surface area contributed by atoms with Gasteiger partial charge in [0.15, 0.2) is 29.2 Å². The highest BCUT2D eigenvalue weighted by molar-refractivity contribution is 5.57. The quantitative estimate of drug-likeness (QED) is 0.790. The zero-order valence-electron chi connectivity index (χ0n) is 15.8. The first kappa shape index (κ1) is 16.4. The molecule has 6 nitrogen and oxygen atoms in total. The maximum atomic E-state index is 6.53. The molecule has 6 heteroatoms. The minimum Gasteiger partial charge on any atom is -0.474 e. The van der Waals surface area contributed by atoms with Crippen LogP contribution < -0.4 is 23.7 Å².